The van der Waals surface area contributed by atoms with Crippen LogP contribution in [0.5, 0.6) is 0 Å². The van der Waals surface area contributed by atoms with Crippen LogP contribution in [-0.2, 0) is 10.2 Å². The molecule has 0 saturated carbocycles. The second-order valence-electron chi connectivity index (χ2n) is 4.74. The number of benzene rings is 1. The first-order valence-corrected chi connectivity index (χ1v) is 7.21. The SMILES string of the molecule is Cc1cc(C)c(NS(=O)(=O)N(C)C(C)C)cc1N. The summed E-state index contributed by atoms with van der Waals surface area (Å²) in [6.07, 6.45) is 0. The number of nitrogen functional groups attached to an aromatic ring is 1. The fourth-order valence-corrected chi connectivity index (χ4v) is 2.66. The fraction of sp³-hybridized carbons (Fsp3) is 0.500. The van der Waals surface area contributed by atoms with Crippen molar-refractivity contribution in [1.82, 2.24) is 4.31 Å². The van der Waals surface area contributed by atoms with Crippen LogP contribution >= 0.6 is 0 Å². The summed E-state index contributed by atoms with van der Waals surface area (Å²) in [6, 6.07) is 3.41. The highest BCUT2D eigenvalue weighted by molar-refractivity contribution is 7.90. The number of hydrogen-bond acceptors (Lipinski definition) is 3. The zero-order valence-corrected chi connectivity index (χ0v) is 12.3. The summed E-state index contributed by atoms with van der Waals surface area (Å²) in [4.78, 5) is 0. The van der Waals surface area contributed by atoms with E-state index in [9.17, 15) is 8.42 Å². The number of anilines is 2. The van der Waals surface area contributed by atoms with E-state index in [0.717, 1.165) is 11.1 Å². The Labute approximate surface area is 109 Å². The molecular formula is C12H21N3O2S. The molecule has 0 aliphatic heterocycles. The van der Waals surface area contributed by atoms with Crippen molar-refractivity contribution in [3.05, 3.63) is 23.3 Å². The van der Waals surface area contributed by atoms with Crippen LogP contribution in [0.15, 0.2) is 12.1 Å². The van der Waals surface area contributed by atoms with Crippen molar-refractivity contribution in [2.45, 2.75) is 33.7 Å². The van der Waals surface area contributed by atoms with Gasteiger partial charge >= 0.3 is 10.2 Å². The van der Waals surface area contributed by atoms with Gasteiger partial charge in [-0.2, -0.15) is 12.7 Å². The molecule has 0 heterocycles. The number of nitrogens with one attached hydrogen (secondary N) is 1. The predicted octanol–water partition coefficient (Wildman–Crippen LogP) is 1.88. The molecule has 0 aliphatic carbocycles. The molecule has 1 rings (SSSR count). The van der Waals surface area contributed by atoms with E-state index in [1.807, 2.05) is 33.8 Å². The van der Waals surface area contributed by atoms with Gasteiger partial charge in [0, 0.05) is 18.8 Å². The average molecular weight is 271 g/mol. The molecule has 0 aliphatic rings. The Balaban J connectivity index is 3.09. The van der Waals surface area contributed by atoms with Gasteiger partial charge in [0.15, 0.2) is 0 Å². The van der Waals surface area contributed by atoms with Crippen molar-refractivity contribution in [3.8, 4) is 0 Å². The van der Waals surface area contributed by atoms with Gasteiger partial charge in [0.1, 0.15) is 0 Å². The quantitative estimate of drug-likeness (QED) is 0.821. The van der Waals surface area contributed by atoms with Crippen LogP contribution in [0.1, 0.15) is 25.0 Å². The minimum absolute atomic E-state index is 0.106. The molecule has 0 amide bonds. The summed E-state index contributed by atoms with van der Waals surface area (Å²) < 4.78 is 28.0. The van der Waals surface area contributed by atoms with Crippen LogP contribution in [0.4, 0.5) is 11.4 Å². The maximum absolute atomic E-state index is 12.1. The third-order valence-electron chi connectivity index (χ3n) is 2.96. The van der Waals surface area contributed by atoms with Gasteiger partial charge < -0.3 is 5.73 Å². The highest BCUT2D eigenvalue weighted by atomic mass is 32.2. The summed E-state index contributed by atoms with van der Waals surface area (Å²) in [5.41, 5.74) is 8.68. The molecule has 3 N–H and O–H groups in total. The first-order valence-electron chi connectivity index (χ1n) is 5.77. The van der Waals surface area contributed by atoms with Crippen molar-refractivity contribution in [2.24, 2.45) is 0 Å². The standard InChI is InChI=1S/C12H21N3O2S/c1-8(2)15(5)18(16,17)14-12-7-11(13)9(3)6-10(12)4/h6-8,14H,13H2,1-5H3. The highest BCUT2D eigenvalue weighted by Crippen LogP contribution is 2.23. The summed E-state index contributed by atoms with van der Waals surface area (Å²) in [5.74, 6) is 0. The number of nitrogens with zero attached hydrogens (tertiary/aromatic N) is 1. The molecule has 0 spiro atoms. The molecule has 6 heteroatoms. The van der Waals surface area contributed by atoms with Gasteiger partial charge in [-0.25, -0.2) is 0 Å². The molecule has 0 atom stereocenters. The van der Waals surface area contributed by atoms with E-state index in [4.69, 9.17) is 5.73 Å². The molecule has 0 aromatic heterocycles. The number of aryl methyl sites for hydroxylation is 2. The van der Waals surface area contributed by atoms with Gasteiger partial charge in [0.25, 0.3) is 0 Å². The molecule has 0 saturated heterocycles. The normalized spacial score (nSPS) is 12.2. The first-order chi connectivity index (χ1) is 8.15. The predicted molar refractivity (Wildman–Crippen MR) is 75.8 cm³/mol. The molecule has 0 unspecified atom stereocenters. The highest BCUT2D eigenvalue weighted by Gasteiger charge is 2.21. The summed E-state index contributed by atoms with van der Waals surface area (Å²) in [7, 11) is -2.00. The van der Waals surface area contributed by atoms with E-state index in [1.165, 1.54) is 4.31 Å². The molecule has 1 aromatic carbocycles. The third-order valence-corrected chi connectivity index (χ3v) is 4.62. The first kappa shape index (κ1) is 14.8. The van der Waals surface area contributed by atoms with Crippen LogP contribution < -0.4 is 10.5 Å². The van der Waals surface area contributed by atoms with Crippen molar-refractivity contribution >= 4 is 21.6 Å². The Morgan fingerprint density at radius 2 is 1.78 bits per heavy atom. The van der Waals surface area contributed by atoms with E-state index >= 15 is 0 Å². The average Bonchev–Trinajstić information content (AvgIpc) is 2.24. The lowest BCUT2D eigenvalue weighted by atomic mass is 10.1. The van der Waals surface area contributed by atoms with Crippen LogP contribution in [0.2, 0.25) is 0 Å². The number of rotatable bonds is 4. The minimum Gasteiger partial charge on any atom is -0.398 e. The second kappa shape index (κ2) is 5.16. The van der Waals surface area contributed by atoms with E-state index in [0.29, 0.717) is 11.4 Å². The topological polar surface area (TPSA) is 75.4 Å². The van der Waals surface area contributed by atoms with Crippen LogP contribution in [0.25, 0.3) is 0 Å². The largest absolute Gasteiger partial charge is 0.398 e. The Kier molecular flexibility index (Phi) is 4.24. The molecule has 18 heavy (non-hydrogen) atoms. The summed E-state index contributed by atoms with van der Waals surface area (Å²) in [5, 5.41) is 0. The van der Waals surface area contributed by atoms with Crippen LogP contribution in [-0.4, -0.2) is 25.8 Å². The van der Waals surface area contributed by atoms with Crippen molar-refractivity contribution < 1.29 is 8.42 Å². The van der Waals surface area contributed by atoms with Gasteiger partial charge in [0.05, 0.1) is 5.69 Å². The maximum Gasteiger partial charge on any atom is 0.301 e. The Morgan fingerprint density at radius 1 is 1.22 bits per heavy atom. The Morgan fingerprint density at radius 3 is 2.28 bits per heavy atom. The van der Waals surface area contributed by atoms with Crippen LogP contribution in [0.3, 0.4) is 0 Å². The van der Waals surface area contributed by atoms with Crippen LogP contribution in [0, 0.1) is 13.8 Å². The van der Waals surface area contributed by atoms with Gasteiger partial charge in [-0.3, -0.25) is 4.72 Å². The lowest BCUT2D eigenvalue weighted by molar-refractivity contribution is 0.414. The smallest absolute Gasteiger partial charge is 0.301 e. The van der Waals surface area contributed by atoms with Crippen molar-refractivity contribution in [1.29, 1.82) is 0 Å². The van der Waals surface area contributed by atoms with E-state index in [1.54, 1.807) is 13.1 Å². The van der Waals surface area contributed by atoms with Gasteiger partial charge in [-0.1, -0.05) is 6.07 Å². The van der Waals surface area contributed by atoms with E-state index in [-0.39, 0.29) is 6.04 Å². The minimum atomic E-state index is -3.54. The molecule has 0 radical (unpaired) electrons. The second-order valence-corrected chi connectivity index (χ2v) is 6.47. The monoisotopic (exact) mass is 271 g/mol. The summed E-state index contributed by atoms with van der Waals surface area (Å²) in [6.45, 7) is 7.37. The van der Waals surface area contributed by atoms with Gasteiger partial charge in [-0.15, -0.1) is 0 Å². The zero-order valence-electron chi connectivity index (χ0n) is 11.5. The van der Waals surface area contributed by atoms with Gasteiger partial charge in [0.2, 0.25) is 0 Å². The van der Waals surface area contributed by atoms with E-state index in [2.05, 4.69) is 4.72 Å². The number of hydrogen-bond donors (Lipinski definition) is 2. The molecule has 0 bridgehead atoms. The molecular weight excluding hydrogens is 250 g/mol. The van der Waals surface area contributed by atoms with Gasteiger partial charge in [-0.05, 0) is 44.9 Å². The molecule has 5 nitrogen and oxygen atoms in total. The fourth-order valence-electron chi connectivity index (χ4n) is 1.47. The van der Waals surface area contributed by atoms with Crippen molar-refractivity contribution in [2.75, 3.05) is 17.5 Å². The van der Waals surface area contributed by atoms with E-state index < -0.39 is 10.2 Å². The lowest BCUT2D eigenvalue weighted by Crippen LogP contribution is -2.37. The lowest BCUT2D eigenvalue weighted by Gasteiger charge is -2.22. The molecule has 0 fully saturated rings. The summed E-state index contributed by atoms with van der Waals surface area (Å²) >= 11 is 0. The van der Waals surface area contributed by atoms with Crippen molar-refractivity contribution in [3.63, 3.8) is 0 Å². The Bertz CT molecular complexity index is 538. The Hall–Kier alpha value is -1.27. The maximum atomic E-state index is 12.1. The number of nitrogens with two attached hydrogens (primary N) is 1. The third kappa shape index (κ3) is 3.14. The molecule has 102 valence electrons. The molecule has 1 aromatic rings. The zero-order chi connectivity index (χ0) is 14.1.